The molecule has 0 heterocycles. The van der Waals surface area contributed by atoms with Gasteiger partial charge in [-0.3, -0.25) is 9.59 Å². The molecule has 0 aliphatic heterocycles. The lowest BCUT2D eigenvalue weighted by Crippen LogP contribution is -2.22. The standard InChI is InChI=1S/C27H36O4/c1-18(2)24-11-7-22(8-12-24)16-30-26(28)20(5)15-21(6)27(29)31-17-23-9-13-25(14-10-23)19(3)4/h7-14,18-21H,15-17H2,1-6H3. The van der Waals surface area contributed by atoms with Crippen LogP contribution in [0.1, 0.15) is 82.1 Å². The maximum atomic E-state index is 12.3. The van der Waals surface area contributed by atoms with Crippen molar-refractivity contribution in [3.05, 3.63) is 70.8 Å². The minimum atomic E-state index is -0.372. The average Bonchev–Trinajstić information content (AvgIpc) is 2.76. The van der Waals surface area contributed by atoms with Crippen molar-refractivity contribution < 1.29 is 19.1 Å². The summed E-state index contributed by atoms with van der Waals surface area (Å²) in [5.41, 5.74) is 4.43. The van der Waals surface area contributed by atoms with Gasteiger partial charge in [-0.2, -0.15) is 0 Å². The van der Waals surface area contributed by atoms with Gasteiger partial charge in [0.1, 0.15) is 13.2 Å². The molecule has 0 spiro atoms. The zero-order valence-electron chi connectivity index (χ0n) is 19.7. The summed E-state index contributed by atoms with van der Waals surface area (Å²) in [6, 6.07) is 16.2. The van der Waals surface area contributed by atoms with E-state index in [1.165, 1.54) is 11.1 Å². The van der Waals surface area contributed by atoms with E-state index in [9.17, 15) is 9.59 Å². The number of hydrogen-bond acceptors (Lipinski definition) is 4. The molecule has 0 saturated heterocycles. The molecule has 0 amide bonds. The fraction of sp³-hybridized carbons (Fsp3) is 0.481. The first-order valence-electron chi connectivity index (χ1n) is 11.2. The first-order chi connectivity index (χ1) is 14.7. The van der Waals surface area contributed by atoms with E-state index in [0.29, 0.717) is 18.3 Å². The Morgan fingerprint density at radius 2 is 0.935 bits per heavy atom. The lowest BCUT2D eigenvalue weighted by Gasteiger charge is -2.16. The van der Waals surface area contributed by atoms with Gasteiger partial charge in [0.05, 0.1) is 11.8 Å². The van der Waals surface area contributed by atoms with E-state index in [0.717, 1.165) is 11.1 Å². The van der Waals surface area contributed by atoms with E-state index in [1.54, 1.807) is 13.8 Å². The summed E-state index contributed by atoms with van der Waals surface area (Å²) in [7, 11) is 0. The Balaban J connectivity index is 1.75. The molecule has 0 bridgehead atoms. The maximum absolute atomic E-state index is 12.3. The van der Waals surface area contributed by atoms with Crippen LogP contribution in [0.25, 0.3) is 0 Å². The third-order valence-corrected chi connectivity index (χ3v) is 5.57. The Hall–Kier alpha value is -2.62. The van der Waals surface area contributed by atoms with Crippen molar-refractivity contribution in [1.29, 1.82) is 0 Å². The van der Waals surface area contributed by atoms with Crippen molar-refractivity contribution in [2.24, 2.45) is 11.8 Å². The minimum absolute atomic E-state index is 0.243. The summed E-state index contributed by atoms with van der Waals surface area (Å²) in [5, 5.41) is 0. The maximum Gasteiger partial charge on any atom is 0.309 e. The summed E-state index contributed by atoms with van der Waals surface area (Å²) >= 11 is 0. The van der Waals surface area contributed by atoms with Gasteiger partial charge in [-0.25, -0.2) is 0 Å². The Kier molecular flexibility index (Phi) is 9.29. The molecule has 2 unspecified atom stereocenters. The molecular formula is C27H36O4. The van der Waals surface area contributed by atoms with Gasteiger partial charge >= 0.3 is 11.9 Å². The Labute approximate surface area is 187 Å². The van der Waals surface area contributed by atoms with Crippen LogP contribution in [-0.4, -0.2) is 11.9 Å². The molecule has 2 atom stereocenters. The fourth-order valence-electron chi connectivity index (χ4n) is 3.31. The molecule has 0 N–H and O–H groups in total. The fourth-order valence-corrected chi connectivity index (χ4v) is 3.31. The molecule has 2 aromatic carbocycles. The number of rotatable bonds is 10. The number of carbonyl (C=O) groups is 2. The summed E-state index contributed by atoms with van der Waals surface area (Å²) < 4.78 is 10.9. The average molecular weight is 425 g/mol. The van der Waals surface area contributed by atoms with Crippen LogP contribution < -0.4 is 0 Å². The SMILES string of the molecule is CC(CC(C)C(=O)OCc1ccc(C(C)C)cc1)C(=O)OCc1ccc(C(C)C)cc1. The highest BCUT2D eigenvalue weighted by Crippen LogP contribution is 2.19. The first kappa shape index (κ1) is 24.6. The largest absolute Gasteiger partial charge is 0.461 e. The molecule has 4 heteroatoms. The number of carbonyl (C=O) groups excluding carboxylic acids is 2. The van der Waals surface area contributed by atoms with E-state index in [-0.39, 0.29) is 37.0 Å². The highest BCUT2D eigenvalue weighted by molar-refractivity contribution is 5.75. The quantitative estimate of drug-likeness (QED) is 0.415. The second-order valence-corrected chi connectivity index (χ2v) is 9.05. The van der Waals surface area contributed by atoms with E-state index in [1.807, 2.05) is 24.3 Å². The van der Waals surface area contributed by atoms with Gasteiger partial charge < -0.3 is 9.47 Å². The molecular weight excluding hydrogens is 388 g/mol. The molecule has 0 fully saturated rings. The van der Waals surface area contributed by atoms with Crippen LogP contribution in [0.2, 0.25) is 0 Å². The van der Waals surface area contributed by atoms with E-state index < -0.39 is 0 Å². The van der Waals surface area contributed by atoms with Gasteiger partial charge in [-0.15, -0.1) is 0 Å². The zero-order valence-corrected chi connectivity index (χ0v) is 19.7. The van der Waals surface area contributed by atoms with Crippen molar-refractivity contribution in [3.63, 3.8) is 0 Å². The lowest BCUT2D eigenvalue weighted by molar-refractivity contribution is -0.153. The van der Waals surface area contributed by atoms with Crippen molar-refractivity contribution in [2.45, 2.75) is 73.0 Å². The first-order valence-corrected chi connectivity index (χ1v) is 11.2. The highest BCUT2D eigenvalue weighted by Gasteiger charge is 2.23. The monoisotopic (exact) mass is 424 g/mol. The van der Waals surface area contributed by atoms with Gasteiger partial charge in [0, 0.05) is 0 Å². The third-order valence-electron chi connectivity index (χ3n) is 5.57. The highest BCUT2D eigenvalue weighted by atomic mass is 16.5. The number of benzene rings is 2. The van der Waals surface area contributed by atoms with Gasteiger partial charge in [0.2, 0.25) is 0 Å². The van der Waals surface area contributed by atoms with Crippen molar-refractivity contribution in [3.8, 4) is 0 Å². The number of ether oxygens (including phenoxy) is 2. The minimum Gasteiger partial charge on any atom is -0.461 e. The second kappa shape index (κ2) is 11.7. The topological polar surface area (TPSA) is 52.6 Å². The van der Waals surface area contributed by atoms with Crippen LogP contribution >= 0.6 is 0 Å². The van der Waals surface area contributed by atoms with Crippen LogP contribution in [0.4, 0.5) is 0 Å². The molecule has 0 aromatic heterocycles. The predicted octanol–water partition coefficient (Wildman–Crippen LogP) is 6.38. The van der Waals surface area contributed by atoms with Gasteiger partial charge in [-0.05, 0) is 40.5 Å². The molecule has 0 saturated carbocycles. The van der Waals surface area contributed by atoms with Crippen LogP contribution in [0.15, 0.2) is 48.5 Å². The lowest BCUT2D eigenvalue weighted by atomic mass is 9.97. The zero-order chi connectivity index (χ0) is 23.0. The normalized spacial score (nSPS) is 13.2. The second-order valence-electron chi connectivity index (χ2n) is 9.05. The van der Waals surface area contributed by atoms with Crippen LogP contribution in [0, 0.1) is 11.8 Å². The van der Waals surface area contributed by atoms with E-state index in [2.05, 4.69) is 52.0 Å². The van der Waals surface area contributed by atoms with Crippen LogP contribution in [0.5, 0.6) is 0 Å². The van der Waals surface area contributed by atoms with Crippen LogP contribution in [-0.2, 0) is 32.3 Å². The molecule has 0 radical (unpaired) electrons. The summed E-state index contributed by atoms with van der Waals surface area (Å²) in [4.78, 5) is 24.7. The van der Waals surface area contributed by atoms with Crippen LogP contribution in [0.3, 0.4) is 0 Å². The number of esters is 2. The summed E-state index contributed by atoms with van der Waals surface area (Å²) in [5.74, 6) is -0.395. The Morgan fingerprint density at radius 1 is 0.613 bits per heavy atom. The molecule has 168 valence electrons. The van der Waals surface area contributed by atoms with Crippen molar-refractivity contribution in [2.75, 3.05) is 0 Å². The summed E-state index contributed by atoms with van der Waals surface area (Å²) in [6.45, 7) is 12.6. The molecule has 4 nitrogen and oxygen atoms in total. The molecule has 0 aliphatic rings. The Morgan fingerprint density at radius 3 is 1.23 bits per heavy atom. The molecule has 31 heavy (non-hydrogen) atoms. The molecule has 2 aromatic rings. The van der Waals surface area contributed by atoms with Crippen molar-refractivity contribution in [1.82, 2.24) is 0 Å². The molecule has 2 rings (SSSR count). The van der Waals surface area contributed by atoms with Gasteiger partial charge in [-0.1, -0.05) is 90.1 Å². The van der Waals surface area contributed by atoms with E-state index in [4.69, 9.17) is 9.47 Å². The van der Waals surface area contributed by atoms with Crippen molar-refractivity contribution >= 4 is 11.9 Å². The summed E-state index contributed by atoms with van der Waals surface area (Å²) in [6.07, 6.45) is 0.399. The number of hydrogen-bond donors (Lipinski definition) is 0. The predicted molar refractivity (Wildman–Crippen MR) is 124 cm³/mol. The molecule has 0 aliphatic carbocycles. The smallest absolute Gasteiger partial charge is 0.309 e. The van der Waals surface area contributed by atoms with E-state index >= 15 is 0 Å². The third kappa shape index (κ3) is 7.86. The Bertz CT molecular complexity index is 763. The van der Waals surface area contributed by atoms with Gasteiger partial charge in [0.25, 0.3) is 0 Å². The van der Waals surface area contributed by atoms with Gasteiger partial charge in [0.15, 0.2) is 0 Å².